The Labute approximate surface area is 641 Å². The summed E-state index contributed by atoms with van der Waals surface area (Å²) < 4.78 is 0. The SMILES string of the molecule is CC(C)[C@@H]1NC(=O)[C@H](Cc2c[nH]c3ccccc23)NC(=O)[C@H](C)NC(=O)[C@@H]2CCC[C@@H](O)[C@H](NC(=O)[C@@H](NC(=O)[C@H](C)N)CSCC(=O)N3CCN4C[NH+](C3)N(C(=O)CNC(=O)[C@H](CC(=O)O)NC1=O)[C@@H](Cc1c[nH]c3ccccc13)C(=O)N[C@@H](C(C)C)C(=O)N1CCC[C@H]1C(=O)N[C@H](C(N)=O)CSCC4=O)C(=O)N2. The molecule has 39 heteroatoms. The molecule has 0 radical (unpaired) electrons. The second-order valence-corrected chi connectivity index (χ2v) is 30.9. The Balaban J connectivity index is 1.15. The van der Waals surface area contributed by atoms with Crippen LogP contribution in [0.5, 0.6) is 0 Å². The number of carboxylic acids is 1. The van der Waals surface area contributed by atoms with Gasteiger partial charge in [-0.1, -0.05) is 64.1 Å². The summed E-state index contributed by atoms with van der Waals surface area (Å²) in [5.74, 6) is -18.7. The number of nitrogens with one attached hydrogen (secondary N) is 13. The van der Waals surface area contributed by atoms with Gasteiger partial charge in [0.15, 0.2) is 19.4 Å². The van der Waals surface area contributed by atoms with E-state index in [0.717, 1.165) is 28.5 Å². The first-order valence-corrected chi connectivity index (χ1v) is 38.8. The van der Waals surface area contributed by atoms with E-state index in [1.165, 1.54) is 42.4 Å². The molecule has 5 fully saturated rings. The molecule has 110 heavy (non-hydrogen) atoms. The third-order valence-electron chi connectivity index (χ3n) is 19.9. The number of rotatable bonds is 11. The zero-order chi connectivity index (χ0) is 79.9. The number of aliphatic hydroxyl groups excluding tert-OH is 1. The highest BCUT2D eigenvalue weighted by molar-refractivity contribution is 8.00. The summed E-state index contributed by atoms with van der Waals surface area (Å²) in [6.45, 7) is 6.20. The van der Waals surface area contributed by atoms with Crippen LogP contribution < -0.4 is 69.6 Å². The fraction of sp³-hybridized carbons (Fsp3) is 0.549. The first-order valence-electron chi connectivity index (χ1n) is 36.5. The van der Waals surface area contributed by atoms with Gasteiger partial charge in [-0.15, -0.1) is 23.5 Å². The predicted molar refractivity (Wildman–Crippen MR) is 399 cm³/mol. The smallest absolute Gasteiger partial charge is 0.305 e. The van der Waals surface area contributed by atoms with Gasteiger partial charge in [-0.3, -0.25) is 86.5 Å². The van der Waals surface area contributed by atoms with Crippen molar-refractivity contribution in [2.24, 2.45) is 23.3 Å². The van der Waals surface area contributed by atoms with Gasteiger partial charge in [-0.2, -0.15) is 10.0 Å². The van der Waals surface area contributed by atoms with Gasteiger partial charge in [0.05, 0.1) is 30.1 Å². The van der Waals surface area contributed by atoms with Crippen molar-refractivity contribution in [1.82, 2.24) is 82.8 Å². The van der Waals surface area contributed by atoms with Crippen molar-refractivity contribution in [3.05, 3.63) is 72.1 Å². The van der Waals surface area contributed by atoms with Gasteiger partial charge in [0, 0.05) is 78.2 Å². The minimum absolute atomic E-state index is 0.0444. The van der Waals surface area contributed by atoms with E-state index in [-0.39, 0.29) is 62.5 Å². The lowest BCUT2D eigenvalue weighted by atomic mass is 9.97. The van der Waals surface area contributed by atoms with Crippen molar-refractivity contribution in [3.8, 4) is 0 Å². The number of carbonyl (C=O) groups excluding carboxylic acids is 15. The molecule has 5 aliphatic rings. The lowest BCUT2D eigenvalue weighted by Crippen LogP contribution is -3.22. The third-order valence-corrected chi connectivity index (χ3v) is 22.0. The van der Waals surface area contributed by atoms with Gasteiger partial charge in [0.25, 0.3) is 5.91 Å². The zero-order valence-electron chi connectivity index (χ0n) is 61.8. The highest BCUT2D eigenvalue weighted by Gasteiger charge is 2.47. The molecule has 37 nitrogen and oxygen atoms in total. The molecule has 1 unspecified atom stereocenters. The molecule has 5 aliphatic heterocycles. The number of nitrogens with zero attached hydrogens (tertiary/aromatic N) is 4. The molecule has 7 heterocycles. The average Bonchev–Trinajstić information content (AvgIpc) is 1.09. The Morgan fingerprint density at radius 2 is 1.19 bits per heavy atom. The molecule has 596 valence electrons. The molecule has 0 aliphatic carbocycles. The molecule has 5 saturated heterocycles. The maximum atomic E-state index is 16.1. The van der Waals surface area contributed by atoms with Crippen molar-refractivity contribution in [2.75, 3.05) is 62.5 Å². The van der Waals surface area contributed by atoms with E-state index in [4.69, 9.17) is 11.5 Å². The minimum atomic E-state index is -2.02. The van der Waals surface area contributed by atoms with E-state index in [9.17, 15) is 67.7 Å². The number of carbonyl (C=O) groups is 16. The van der Waals surface area contributed by atoms with E-state index in [0.29, 0.717) is 39.4 Å². The average molecular weight is 1570 g/mol. The lowest BCUT2D eigenvalue weighted by Gasteiger charge is -2.39. The van der Waals surface area contributed by atoms with Crippen LogP contribution in [0, 0.1) is 11.8 Å². The van der Waals surface area contributed by atoms with Crippen LogP contribution in [0.25, 0.3) is 21.8 Å². The molecule has 5 bridgehead atoms. The number of carboxylic acid groups (broad SMARTS) is 1. The largest absolute Gasteiger partial charge is 0.481 e. The van der Waals surface area contributed by atoms with Crippen LogP contribution in [-0.2, 0) is 89.6 Å². The minimum Gasteiger partial charge on any atom is -0.481 e. The van der Waals surface area contributed by atoms with E-state index in [1.54, 1.807) is 74.8 Å². The fourth-order valence-corrected chi connectivity index (χ4v) is 15.7. The normalized spacial score (nSPS) is 27.6. The second kappa shape index (κ2) is 37.8. The van der Waals surface area contributed by atoms with Crippen molar-refractivity contribution in [1.29, 1.82) is 0 Å². The molecule has 14 atom stereocenters. The zero-order valence-corrected chi connectivity index (χ0v) is 63.5. The number of amides is 15. The van der Waals surface area contributed by atoms with Crippen LogP contribution >= 0.6 is 23.5 Å². The molecular weight excluding hydrogens is 1470 g/mol. The summed E-state index contributed by atoms with van der Waals surface area (Å²) in [6.07, 6.45) is 0.234. The molecule has 2 aromatic heterocycles. The van der Waals surface area contributed by atoms with Gasteiger partial charge in [-0.05, 0) is 81.0 Å². The number of quaternary nitrogens is 1. The Kier molecular flexibility index (Phi) is 28.8. The summed E-state index contributed by atoms with van der Waals surface area (Å²) >= 11 is 1.71. The van der Waals surface area contributed by atoms with Crippen LogP contribution in [-0.4, -0.2) is 276 Å². The molecule has 15 amide bonds. The van der Waals surface area contributed by atoms with Gasteiger partial charge < -0.3 is 89.7 Å². The van der Waals surface area contributed by atoms with Crippen LogP contribution in [0.3, 0.4) is 0 Å². The van der Waals surface area contributed by atoms with Gasteiger partial charge in [0.1, 0.15) is 67.0 Å². The fourth-order valence-electron chi connectivity index (χ4n) is 13.8. The summed E-state index contributed by atoms with van der Waals surface area (Å²) in [7, 11) is 0. The first-order chi connectivity index (χ1) is 52.3. The van der Waals surface area contributed by atoms with Crippen LogP contribution in [0.1, 0.15) is 91.2 Å². The maximum absolute atomic E-state index is 16.1. The van der Waals surface area contributed by atoms with E-state index >= 15 is 19.2 Å². The number of thioether (sulfide) groups is 2. The number of H-pyrrole nitrogens is 2. The molecule has 9 rings (SSSR count). The van der Waals surface area contributed by atoms with Crippen molar-refractivity contribution in [2.45, 2.75) is 172 Å². The Morgan fingerprint density at radius 1 is 0.600 bits per heavy atom. The predicted octanol–water partition coefficient (Wildman–Crippen LogP) is -5.83. The second-order valence-electron chi connectivity index (χ2n) is 28.8. The molecular formula is C71H98N19O18S2+. The topological polar surface area (TPSA) is 535 Å². The van der Waals surface area contributed by atoms with Gasteiger partial charge >= 0.3 is 5.97 Å². The van der Waals surface area contributed by atoms with Crippen LogP contribution in [0.4, 0.5) is 0 Å². The van der Waals surface area contributed by atoms with E-state index in [2.05, 4.69) is 63.1 Å². The number of benzene rings is 2. The van der Waals surface area contributed by atoms with E-state index in [1.807, 2.05) is 0 Å². The Morgan fingerprint density at radius 3 is 1.79 bits per heavy atom. The quantitative estimate of drug-likeness (QED) is 0.0665. The van der Waals surface area contributed by atoms with Gasteiger partial charge in [0.2, 0.25) is 82.7 Å². The number of hydrogen-bond donors (Lipinski definition) is 17. The molecule has 2 aromatic carbocycles. The third kappa shape index (κ3) is 21.1. The summed E-state index contributed by atoms with van der Waals surface area (Å²) in [5, 5.41) is 49.6. The molecule has 0 saturated carbocycles. The Hall–Kier alpha value is -10.4. The monoisotopic (exact) mass is 1570 g/mol. The van der Waals surface area contributed by atoms with Crippen LogP contribution in [0.2, 0.25) is 0 Å². The number of nitrogens with two attached hydrogens (primary N) is 2. The first kappa shape index (κ1) is 83.7. The standard InChI is InChI=1S/C71H97N19O18S2/c1-35(2)57-69(106)80-47(25-56(95)96)63(100)76-28-53(92)90-51(24-40-27-75-44-16-10-8-14-42(40)44)68(105)84-58(36(3)4)71(108)89-20-12-18-50(89)67(104)81-48(60(73)97)29-109-31-54(93)86-21-22-87(34-88(90)33-86)55(94)32-110-30-49(82-61(98)37(5)72)66(103)85-59-52(91)19-11-17-45(78-70(59)107)64(101)77-38(6)62(99)79-46(65(102)83-57)23-39-26-74-43-15-9-7-13-41(39)43/h7-10,13-16,26-27,35-38,45-52,57-59,74-75,91H,11-12,17-25,28-34,72H2,1-6H3,(H2,73,97)(H,76,100)(H,77,101)(H,78,107)(H,79,99)(H,80,106)(H,81,104)(H,82,98)(H,83,102)(H,84,105)(H,85,103)(H,95,96)/p+1/t37-,38-,45-,46-,47-,48-,49-,50-,51-,52+,57-,58-,59-/m0/s1. The van der Waals surface area contributed by atoms with Crippen molar-refractivity contribution >= 4 is 140 Å². The number of hydrogen-bond acceptors (Lipinski definition) is 20. The Bertz CT molecular complexity index is 4150. The number of aromatic amines is 2. The number of primary amides is 1. The lowest BCUT2D eigenvalue weighted by molar-refractivity contribution is -1.02. The summed E-state index contributed by atoms with van der Waals surface area (Å²) in [5.41, 5.74) is 14.0. The van der Waals surface area contributed by atoms with Gasteiger partial charge in [-0.25, -0.2) is 0 Å². The number of fused-ring (bicyclic) bond motifs is 8. The number of aromatic nitrogens is 2. The van der Waals surface area contributed by atoms with Crippen molar-refractivity contribution < 1.29 is 91.9 Å². The summed E-state index contributed by atoms with van der Waals surface area (Å²) in [6, 6.07) is -4.24. The number of aliphatic carboxylic acids is 1. The summed E-state index contributed by atoms with van der Waals surface area (Å²) in [4.78, 5) is 242. The van der Waals surface area contributed by atoms with E-state index < -0.39 is 235 Å². The molecule has 4 aromatic rings. The molecule has 0 spiro atoms. The number of aliphatic hydroxyl groups is 1. The highest BCUT2D eigenvalue weighted by atomic mass is 32.2. The number of para-hydroxylation sites is 2. The van der Waals surface area contributed by atoms with Crippen molar-refractivity contribution in [3.63, 3.8) is 0 Å². The highest BCUT2D eigenvalue weighted by Crippen LogP contribution is 2.26. The van der Waals surface area contributed by atoms with Crippen LogP contribution in [0.15, 0.2) is 60.9 Å². The maximum Gasteiger partial charge on any atom is 0.305 e. The molecule has 19 N–H and O–H groups in total.